The number of likely N-dealkylation sites (tertiary alicyclic amines) is 1. The van der Waals surface area contributed by atoms with E-state index in [0.29, 0.717) is 18.4 Å². The van der Waals surface area contributed by atoms with Crippen molar-refractivity contribution in [2.24, 2.45) is 11.8 Å². The summed E-state index contributed by atoms with van der Waals surface area (Å²) in [5.41, 5.74) is 0.990. The van der Waals surface area contributed by atoms with Gasteiger partial charge in [0.05, 0.1) is 18.8 Å². The van der Waals surface area contributed by atoms with Crippen LogP contribution in [-0.2, 0) is 11.2 Å². The van der Waals surface area contributed by atoms with Gasteiger partial charge in [-0.3, -0.25) is 4.90 Å². The standard InChI is InChI=1S/C27H44FN5O2/c1-2-27(31-26(34)30-11-13-32-14-16-35-17-15-32)21-29-10-9-24(27)20-33-12-3-4-23(19-33)18-22-5-7-25(28)8-6-22/h5-8,23-24,29H,2-4,9-21H2,1H3,(H2,30,31,34)/t23-,24-,27-/m0/s1. The monoisotopic (exact) mass is 489 g/mol. The normalized spacial score (nSPS) is 28.5. The summed E-state index contributed by atoms with van der Waals surface area (Å²) in [5, 5.41) is 10.0. The maximum absolute atomic E-state index is 13.3. The lowest BCUT2D eigenvalue weighted by Crippen LogP contribution is -2.66. The highest BCUT2D eigenvalue weighted by molar-refractivity contribution is 5.75. The first-order valence-corrected chi connectivity index (χ1v) is 13.6. The Morgan fingerprint density at radius 1 is 1.17 bits per heavy atom. The number of amides is 2. The molecule has 3 N–H and O–H groups in total. The van der Waals surface area contributed by atoms with E-state index in [4.69, 9.17) is 4.74 Å². The minimum absolute atomic E-state index is 0.0540. The fraction of sp³-hybridized carbons (Fsp3) is 0.741. The number of carbonyl (C=O) groups is 1. The number of rotatable bonds is 9. The molecule has 0 aliphatic carbocycles. The van der Waals surface area contributed by atoms with Crippen molar-refractivity contribution in [3.05, 3.63) is 35.6 Å². The summed E-state index contributed by atoms with van der Waals surface area (Å²) in [6.45, 7) is 12.2. The second kappa shape index (κ2) is 13.0. The van der Waals surface area contributed by atoms with E-state index in [-0.39, 0.29) is 17.4 Å². The summed E-state index contributed by atoms with van der Waals surface area (Å²) in [4.78, 5) is 17.8. The number of hydrogen-bond acceptors (Lipinski definition) is 5. The van der Waals surface area contributed by atoms with Crippen LogP contribution in [0.5, 0.6) is 0 Å². The Kier molecular flexibility index (Phi) is 9.77. The predicted molar refractivity (Wildman–Crippen MR) is 137 cm³/mol. The quantitative estimate of drug-likeness (QED) is 0.497. The van der Waals surface area contributed by atoms with Gasteiger partial charge in [0, 0.05) is 45.8 Å². The summed E-state index contributed by atoms with van der Waals surface area (Å²) < 4.78 is 18.7. The van der Waals surface area contributed by atoms with E-state index in [0.717, 1.165) is 84.8 Å². The molecule has 0 spiro atoms. The fourth-order valence-corrected chi connectivity index (χ4v) is 6.09. The molecule has 2 amide bonds. The van der Waals surface area contributed by atoms with Crippen molar-refractivity contribution in [3.63, 3.8) is 0 Å². The Labute approximate surface area is 210 Å². The van der Waals surface area contributed by atoms with Gasteiger partial charge in [0.2, 0.25) is 0 Å². The molecule has 3 fully saturated rings. The van der Waals surface area contributed by atoms with Crippen molar-refractivity contribution in [2.75, 3.05) is 72.1 Å². The van der Waals surface area contributed by atoms with Crippen LogP contribution in [0, 0.1) is 17.7 Å². The highest BCUT2D eigenvalue weighted by atomic mass is 19.1. The number of morpholine rings is 1. The first-order valence-electron chi connectivity index (χ1n) is 13.6. The number of benzene rings is 1. The van der Waals surface area contributed by atoms with Gasteiger partial charge in [-0.15, -0.1) is 0 Å². The van der Waals surface area contributed by atoms with Crippen molar-refractivity contribution in [2.45, 2.75) is 44.6 Å². The number of urea groups is 1. The summed E-state index contributed by atoms with van der Waals surface area (Å²) in [6, 6.07) is 6.92. The molecule has 3 aliphatic heterocycles. The molecule has 8 heteroatoms. The lowest BCUT2D eigenvalue weighted by molar-refractivity contribution is 0.0386. The van der Waals surface area contributed by atoms with Crippen molar-refractivity contribution >= 4 is 6.03 Å². The van der Waals surface area contributed by atoms with Crippen molar-refractivity contribution < 1.29 is 13.9 Å². The summed E-state index contributed by atoms with van der Waals surface area (Å²) in [7, 11) is 0. The molecule has 3 saturated heterocycles. The molecule has 0 bridgehead atoms. The van der Waals surface area contributed by atoms with Gasteiger partial charge in [-0.1, -0.05) is 19.1 Å². The molecule has 0 radical (unpaired) electrons. The number of ether oxygens (including phenoxy) is 1. The summed E-state index contributed by atoms with van der Waals surface area (Å²) in [5.74, 6) is 0.852. The van der Waals surface area contributed by atoms with Crippen molar-refractivity contribution in [3.8, 4) is 0 Å². The van der Waals surface area contributed by atoms with Crippen molar-refractivity contribution in [1.82, 2.24) is 25.8 Å². The number of piperidine rings is 2. The second-order valence-electron chi connectivity index (χ2n) is 10.6. The fourth-order valence-electron chi connectivity index (χ4n) is 6.09. The number of carbonyl (C=O) groups excluding carboxylic acids is 1. The van der Waals surface area contributed by atoms with Crippen LogP contribution in [0.3, 0.4) is 0 Å². The minimum atomic E-state index is -0.231. The highest BCUT2D eigenvalue weighted by Crippen LogP contribution is 2.30. The number of hydrogen-bond donors (Lipinski definition) is 3. The van der Waals surface area contributed by atoms with E-state index in [1.807, 2.05) is 12.1 Å². The molecule has 4 rings (SSSR count). The topological polar surface area (TPSA) is 68.9 Å². The van der Waals surface area contributed by atoms with E-state index < -0.39 is 0 Å². The molecule has 35 heavy (non-hydrogen) atoms. The third-order valence-electron chi connectivity index (χ3n) is 8.22. The summed E-state index contributed by atoms with van der Waals surface area (Å²) >= 11 is 0. The highest BCUT2D eigenvalue weighted by Gasteiger charge is 2.41. The average Bonchev–Trinajstić information content (AvgIpc) is 2.87. The Hall–Kier alpha value is -1.74. The molecule has 3 aliphatic rings. The van der Waals surface area contributed by atoms with E-state index in [9.17, 15) is 9.18 Å². The predicted octanol–water partition coefficient (Wildman–Crippen LogP) is 2.47. The smallest absolute Gasteiger partial charge is 0.315 e. The van der Waals surface area contributed by atoms with Crippen LogP contribution in [0.4, 0.5) is 9.18 Å². The Morgan fingerprint density at radius 2 is 1.97 bits per heavy atom. The van der Waals surface area contributed by atoms with E-state index >= 15 is 0 Å². The maximum Gasteiger partial charge on any atom is 0.315 e. The number of nitrogens with one attached hydrogen (secondary N) is 3. The number of halogens is 1. The van der Waals surface area contributed by atoms with Crippen LogP contribution in [0.25, 0.3) is 0 Å². The lowest BCUT2D eigenvalue weighted by Gasteiger charge is -2.47. The van der Waals surface area contributed by atoms with Crippen LogP contribution >= 0.6 is 0 Å². The molecule has 1 aromatic rings. The average molecular weight is 490 g/mol. The van der Waals surface area contributed by atoms with Crippen LogP contribution < -0.4 is 16.0 Å². The van der Waals surface area contributed by atoms with Gasteiger partial charge in [-0.2, -0.15) is 0 Å². The van der Waals surface area contributed by atoms with Gasteiger partial charge in [0.25, 0.3) is 0 Å². The zero-order chi connectivity index (χ0) is 24.5. The van der Waals surface area contributed by atoms with E-state index in [2.05, 4.69) is 32.7 Å². The van der Waals surface area contributed by atoms with Gasteiger partial charge in [-0.05, 0) is 74.7 Å². The van der Waals surface area contributed by atoms with Crippen LogP contribution in [-0.4, -0.2) is 93.5 Å². The minimum Gasteiger partial charge on any atom is -0.379 e. The van der Waals surface area contributed by atoms with Gasteiger partial charge in [0.1, 0.15) is 5.82 Å². The summed E-state index contributed by atoms with van der Waals surface area (Å²) in [6.07, 6.45) is 5.41. The molecule has 1 aromatic carbocycles. The zero-order valence-corrected chi connectivity index (χ0v) is 21.4. The molecule has 7 nitrogen and oxygen atoms in total. The Bertz CT molecular complexity index is 788. The van der Waals surface area contributed by atoms with Crippen LogP contribution in [0.15, 0.2) is 24.3 Å². The van der Waals surface area contributed by atoms with Crippen LogP contribution in [0.1, 0.15) is 38.2 Å². The first kappa shape index (κ1) is 26.3. The molecular formula is C27H44FN5O2. The van der Waals surface area contributed by atoms with E-state index in [1.54, 1.807) is 12.1 Å². The second-order valence-corrected chi connectivity index (χ2v) is 10.6. The zero-order valence-electron chi connectivity index (χ0n) is 21.4. The SMILES string of the molecule is CC[C@]1(NC(=O)NCCN2CCOCC2)CNCC[C@H]1CN1CCC[C@@H](Cc2ccc(F)cc2)C1. The van der Waals surface area contributed by atoms with Crippen LogP contribution in [0.2, 0.25) is 0 Å². The Morgan fingerprint density at radius 3 is 2.74 bits per heavy atom. The lowest BCUT2D eigenvalue weighted by atomic mass is 9.76. The molecule has 3 heterocycles. The van der Waals surface area contributed by atoms with Gasteiger partial charge < -0.3 is 25.6 Å². The van der Waals surface area contributed by atoms with Crippen molar-refractivity contribution in [1.29, 1.82) is 0 Å². The van der Waals surface area contributed by atoms with Gasteiger partial charge in [0.15, 0.2) is 0 Å². The molecule has 0 saturated carbocycles. The van der Waals surface area contributed by atoms with Gasteiger partial charge >= 0.3 is 6.03 Å². The molecule has 0 aromatic heterocycles. The molecule has 196 valence electrons. The number of nitrogens with zero attached hydrogens (tertiary/aromatic N) is 2. The molecule has 0 unspecified atom stereocenters. The third kappa shape index (κ3) is 7.62. The molecule has 3 atom stereocenters. The molecular weight excluding hydrogens is 445 g/mol. The third-order valence-corrected chi connectivity index (χ3v) is 8.22. The first-order chi connectivity index (χ1) is 17.1. The van der Waals surface area contributed by atoms with E-state index in [1.165, 1.54) is 18.4 Å². The van der Waals surface area contributed by atoms with Gasteiger partial charge in [-0.25, -0.2) is 9.18 Å². The maximum atomic E-state index is 13.3. The Balaban J connectivity index is 1.29. The largest absolute Gasteiger partial charge is 0.379 e.